The monoisotopic (exact) mass is 436 g/mol. The molecule has 2 aromatic carbocycles. The molecule has 4 rings (SSSR count). The Morgan fingerprint density at radius 1 is 1.17 bits per heavy atom. The minimum Gasteiger partial charge on any atom is -0.370 e. The van der Waals surface area contributed by atoms with Crippen molar-refractivity contribution in [3.05, 3.63) is 68.7 Å². The Morgan fingerprint density at radius 3 is 2.67 bits per heavy atom. The van der Waals surface area contributed by atoms with Crippen LogP contribution in [0.4, 0.5) is 24.7 Å². The van der Waals surface area contributed by atoms with Crippen LogP contribution in [0.1, 0.15) is 24.0 Å². The molecule has 156 valence electrons. The topological polar surface area (TPSA) is 73.0 Å². The van der Waals surface area contributed by atoms with Gasteiger partial charge in [0.1, 0.15) is 11.5 Å². The van der Waals surface area contributed by atoms with E-state index in [-0.39, 0.29) is 27.7 Å². The van der Waals surface area contributed by atoms with Crippen LogP contribution in [0.15, 0.2) is 42.5 Å². The highest BCUT2D eigenvalue weighted by Gasteiger charge is 2.32. The minimum atomic E-state index is -4.53. The summed E-state index contributed by atoms with van der Waals surface area (Å²) in [5, 5.41) is 19.4. The molecule has 0 fully saturated rings. The number of para-hydroxylation sites is 2. The lowest BCUT2D eigenvalue weighted by atomic mass is 10.0. The van der Waals surface area contributed by atoms with E-state index in [0.717, 1.165) is 25.0 Å². The van der Waals surface area contributed by atoms with Gasteiger partial charge in [-0.2, -0.15) is 18.3 Å². The van der Waals surface area contributed by atoms with Crippen molar-refractivity contribution in [3.8, 4) is 16.9 Å². The maximum Gasteiger partial charge on any atom is 0.416 e. The summed E-state index contributed by atoms with van der Waals surface area (Å²) in [6.45, 7) is 0.620. The van der Waals surface area contributed by atoms with E-state index < -0.39 is 16.7 Å². The highest BCUT2D eigenvalue weighted by atomic mass is 35.5. The first-order valence-electron chi connectivity index (χ1n) is 9.24. The minimum absolute atomic E-state index is 0.127. The van der Waals surface area contributed by atoms with Crippen molar-refractivity contribution in [2.24, 2.45) is 0 Å². The van der Waals surface area contributed by atoms with Gasteiger partial charge in [-0.15, -0.1) is 0 Å². The zero-order chi connectivity index (χ0) is 21.5. The number of nitrogens with zero attached hydrogens (tertiary/aromatic N) is 3. The second-order valence-corrected chi connectivity index (χ2v) is 7.32. The normalized spacial score (nSPS) is 14.0. The molecule has 6 nitrogen and oxygen atoms in total. The Kier molecular flexibility index (Phi) is 5.15. The fraction of sp³-hybridized carbons (Fsp3) is 0.250. The number of hydrogen-bond acceptors (Lipinski definition) is 4. The van der Waals surface area contributed by atoms with Crippen LogP contribution in [-0.2, 0) is 12.6 Å². The molecule has 30 heavy (non-hydrogen) atoms. The fourth-order valence-corrected chi connectivity index (χ4v) is 3.78. The average molecular weight is 437 g/mol. The zero-order valence-electron chi connectivity index (χ0n) is 15.5. The smallest absolute Gasteiger partial charge is 0.370 e. The number of anilines is 1. The fourth-order valence-electron chi connectivity index (χ4n) is 3.57. The number of halogens is 4. The predicted molar refractivity (Wildman–Crippen MR) is 107 cm³/mol. The van der Waals surface area contributed by atoms with E-state index in [1.807, 2.05) is 0 Å². The molecule has 1 aliphatic rings. The number of nitro benzene ring substituents is 1. The summed E-state index contributed by atoms with van der Waals surface area (Å²) in [6, 6.07) is 9.18. The van der Waals surface area contributed by atoms with Crippen LogP contribution in [0.3, 0.4) is 0 Å². The Balaban J connectivity index is 1.97. The van der Waals surface area contributed by atoms with E-state index >= 15 is 0 Å². The van der Waals surface area contributed by atoms with E-state index in [9.17, 15) is 23.3 Å². The molecule has 0 saturated carbocycles. The van der Waals surface area contributed by atoms with Crippen molar-refractivity contribution in [2.75, 3.05) is 11.9 Å². The quantitative estimate of drug-likeness (QED) is 0.412. The summed E-state index contributed by atoms with van der Waals surface area (Å²) < 4.78 is 41.2. The van der Waals surface area contributed by atoms with Crippen LogP contribution in [0.25, 0.3) is 16.9 Å². The van der Waals surface area contributed by atoms with Crippen molar-refractivity contribution in [1.82, 2.24) is 9.78 Å². The van der Waals surface area contributed by atoms with E-state index in [4.69, 9.17) is 11.6 Å². The summed E-state index contributed by atoms with van der Waals surface area (Å²) >= 11 is 6.26. The third-order valence-corrected chi connectivity index (χ3v) is 5.31. The first-order chi connectivity index (χ1) is 14.3. The SMILES string of the molecule is O=[N+]([O-])c1ccccc1-n1nc(-c2cc(C(F)(F)F)ccc2Cl)c2c1NCCCC2. The Morgan fingerprint density at radius 2 is 1.93 bits per heavy atom. The third-order valence-electron chi connectivity index (χ3n) is 4.98. The van der Waals surface area contributed by atoms with Crippen LogP contribution >= 0.6 is 11.6 Å². The number of hydrogen-bond donors (Lipinski definition) is 1. The van der Waals surface area contributed by atoms with Gasteiger partial charge in [0.25, 0.3) is 5.69 Å². The Bertz CT molecular complexity index is 1130. The summed E-state index contributed by atoms with van der Waals surface area (Å²) in [5.41, 5.74) is 0.347. The van der Waals surface area contributed by atoms with Gasteiger partial charge >= 0.3 is 6.18 Å². The second kappa shape index (κ2) is 7.64. The van der Waals surface area contributed by atoms with Crippen LogP contribution in [0.5, 0.6) is 0 Å². The van der Waals surface area contributed by atoms with Gasteiger partial charge in [-0.1, -0.05) is 23.7 Å². The maximum absolute atomic E-state index is 13.3. The van der Waals surface area contributed by atoms with Crippen LogP contribution in [0, 0.1) is 10.1 Å². The molecule has 3 aromatic rings. The van der Waals surface area contributed by atoms with Gasteiger partial charge in [-0.25, -0.2) is 4.68 Å². The van der Waals surface area contributed by atoms with Crippen molar-refractivity contribution in [1.29, 1.82) is 0 Å². The summed E-state index contributed by atoms with van der Waals surface area (Å²) in [4.78, 5) is 11.0. The summed E-state index contributed by atoms with van der Waals surface area (Å²) in [7, 11) is 0. The van der Waals surface area contributed by atoms with Gasteiger partial charge in [0.05, 0.1) is 21.2 Å². The number of nitro groups is 1. The highest BCUT2D eigenvalue weighted by molar-refractivity contribution is 6.33. The average Bonchev–Trinajstić information content (AvgIpc) is 2.88. The number of fused-ring (bicyclic) bond motifs is 1. The van der Waals surface area contributed by atoms with Crippen LogP contribution in [-0.4, -0.2) is 21.2 Å². The molecule has 0 radical (unpaired) electrons. The van der Waals surface area contributed by atoms with Gasteiger partial charge in [-0.3, -0.25) is 10.1 Å². The van der Waals surface area contributed by atoms with Crippen LogP contribution in [0.2, 0.25) is 5.02 Å². The second-order valence-electron chi connectivity index (χ2n) is 6.91. The number of aromatic nitrogens is 2. The van der Waals surface area contributed by atoms with E-state index in [1.165, 1.54) is 16.8 Å². The van der Waals surface area contributed by atoms with Gasteiger partial charge in [-0.05, 0) is 43.5 Å². The van der Waals surface area contributed by atoms with Crippen molar-refractivity contribution in [3.63, 3.8) is 0 Å². The Labute approximate surface area is 174 Å². The molecule has 10 heteroatoms. The molecule has 0 spiro atoms. The molecule has 0 atom stereocenters. The molecular formula is C20H16ClF3N4O2. The molecule has 0 unspecified atom stereocenters. The molecule has 0 aliphatic carbocycles. The molecular weight excluding hydrogens is 421 g/mol. The Hall–Kier alpha value is -3.07. The standard InChI is InChI=1S/C20H16ClF3N4O2/c21-15-9-8-12(20(22,23)24)11-14(15)18-13-5-3-4-10-25-19(13)27(26-18)16-6-1-2-7-17(16)28(29)30/h1-2,6-9,11,25H,3-5,10H2. The van der Waals surface area contributed by atoms with E-state index in [1.54, 1.807) is 18.2 Å². The highest BCUT2D eigenvalue weighted by Crippen LogP contribution is 2.40. The zero-order valence-corrected chi connectivity index (χ0v) is 16.3. The first kappa shape index (κ1) is 20.2. The maximum atomic E-state index is 13.3. The lowest BCUT2D eigenvalue weighted by Crippen LogP contribution is -2.08. The molecule has 1 aromatic heterocycles. The molecule has 0 amide bonds. The number of rotatable bonds is 3. The molecule has 2 heterocycles. The van der Waals surface area contributed by atoms with Gasteiger partial charge in [0.15, 0.2) is 0 Å². The summed E-state index contributed by atoms with van der Waals surface area (Å²) in [6.07, 6.45) is -2.33. The number of alkyl halides is 3. The molecule has 0 saturated heterocycles. The lowest BCUT2D eigenvalue weighted by molar-refractivity contribution is -0.384. The molecule has 1 N–H and O–H groups in total. The molecule has 1 aliphatic heterocycles. The van der Waals surface area contributed by atoms with E-state index in [0.29, 0.717) is 24.3 Å². The van der Waals surface area contributed by atoms with Crippen LogP contribution < -0.4 is 5.32 Å². The number of benzene rings is 2. The van der Waals surface area contributed by atoms with Gasteiger partial charge in [0.2, 0.25) is 0 Å². The van der Waals surface area contributed by atoms with E-state index in [2.05, 4.69) is 10.4 Å². The largest absolute Gasteiger partial charge is 0.416 e. The lowest BCUT2D eigenvalue weighted by Gasteiger charge is -2.10. The molecule has 0 bridgehead atoms. The van der Waals surface area contributed by atoms with Crippen molar-refractivity contribution >= 4 is 23.1 Å². The first-order valence-corrected chi connectivity index (χ1v) is 9.62. The third kappa shape index (κ3) is 3.60. The van der Waals surface area contributed by atoms with Gasteiger partial charge < -0.3 is 5.32 Å². The van der Waals surface area contributed by atoms with Crippen molar-refractivity contribution < 1.29 is 18.1 Å². The number of nitrogens with one attached hydrogen (secondary N) is 1. The van der Waals surface area contributed by atoms with Crippen molar-refractivity contribution in [2.45, 2.75) is 25.4 Å². The predicted octanol–water partition coefficient (Wildman–Crippen LogP) is 5.87. The van der Waals surface area contributed by atoms with Gasteiger partial charge in [0, 0.05) is 23.7 Å². The summed E-state index contributed by atoms with van der Waals surface area (Å²) in [5.74, 6) is 0.533.